The van der Waals surface area contributed by atoms with Crippen molar-refractivity contribution in [2.75, 3.05) is 31.5 Å². The first kappa shape index (κ1) is 17.7. The highest BCUT2D eigenvalue weighted by molar-refractivity contribution is 5.90. The van der Waals surface area contributed by atoms with Crippen molar-refractivity contribution in [1.29, 1.82) is 0 Å². The maximum atomic E-state index is 13.2. The van der Waals surface area contributed by atoms with Crippen molar-refractivity contribution in [3.05, 3.63) is 30.1 Å². The van der Waals surface area contributed by atoms with Gasteiger partial charge in [0.2, 0.25) is 5.91 Å². The van der Waals surface area contributed by atoms with Crippen molar-refractivity contribution < 1.29 is 14.0 Å². The molecule has 3 amide bonds. The summed E-state index contributed by atoms with van der Waals surface area (Å²) in [6, 6.07) is 5.58. The van der Waals surface area contributed by atoms with Gasteiger partial charge in [0.15, 0.2) is 0 Å². The Bertz CT molecular complexity index is 629. The number of benzene rings is 1. The number of hydrogen-bond acceptors (Lipinski definition) is 2. The zero-order valence-electron chi connectivity index (χ0n) is 14.7. The summed E-state index contributed by atoms with van der Waals surface area (Å²) in [6.45, 7) is 4.94. The number of nitrogens with zero attached hydrogens (tertiary/aromatic N) is 2. The monoisotopic (exact) mass is 347 g/mol. The summed E-state index contributed by atoms with van der Waals surface area (Å²) in [5.74, 6) is 0.350. The number of carbonyl (C=O) groups excluding carboxylic acids is 2. The standard InChI is InChI=1S/C19H26FN3O2/c1-14-7-10-22(11-8-14)18(24)15-4-3-9-23(13-15)19(25)21-17-6-2-5-16(20)12-17/h2,5-6,12,14-15H,3-4,7-11,13H2,1H3,(H,21,25)/t15-/m0/s1. The van der Waals surface area contributed by atoms with Gasteiger partial charge in [-0.25, -0.2) is 9.18 Å². The predicted molar refractivity (Wildman–Crippen MR) is 94.7 cm³/mol. The Morgan fingerprint density at radius 2 is 1.88 bits per heavy atom. The molecule has 0 aliphatic carbocycles. The van der Waals surface area contributed by atoms with Crippen LogP contribution in [-0.2, 0) is 4.79 Å². The van der Waals surface area contributed by atoms with Crippen LogP contribution in [0.2, 0.25) is 0 Å². The van der Waals surface area contributed by atoms with Crippen LogP contribution in [0.5, 0.6) is 0 Å². The molecule has 6 heteroatoms. The average Bonchev–Trinajstić information content (AvgIpc) is 2.62. The first-order chi connectivity index (χ1) is 12.0. The van der Waals surface area contributed by atoms with Gasteiger partial charge in [0.05, 0.1) is 5.92 Å². The zero-order valence-corrected chi connectivity index (χ0v) is 14.7. The van der Waals surface area contributed by atoms with E-state index in [1.165, 1.54) is 12.1 Å². The number of rotatable bonds is 2. The molecule has 0 saturated carbocycles. The van der Waals surface area contributed by atoms with E-state index in [9.17, 15) is 14.0 Å². The number of likely N-dealkylation sites (tertiary alicyclic amines) is 2. The summed E-state index contributed by atoms with van der Waals surface area (Å²) < 4.78 is 13.2. The van der Waals surface area contributed by atoms with Crippen LogP contribution >= 0.6 is 0 Å². The van der Waals surface area contributed by atoms with E-state index >= 15 is 0 Å². The number of halogens is 1. The van der Waals surface area contributed by atoms with Gasteiger partial charge >= 0.3 is 6.03 Å². The van der Waals surface area contributed by atoms with E-state index in [0.717, 1.165) is 38.8 Å². The molecule has 0 bridgehead atoms. The largest absolute Gasteiger partial charge is 0.342 e. The lowest BCUT2D eigenvalue weighted by atomic mass is 9.93. The Morgan fingerprint density at radius 3 is 2.60 bits per heavy atom. The van der Waals surface area contributed by atoms with Crippen molar-refractivity contribution in [3.63, 3.8) is 0 Å². The fraction of sp³-hybridized carbons (Fsp3) is 0.579. The van der Waals surface area contributed by atoms with Crippen LogP contribution in [0.1, 0.15) is 32.6 Å². The van der Waals surface area contributed by atoms with Crippen LogP contribution in [0, 0.1) is 17.7 Å². The van der Waals surface area contributed by atoms with E-state index in [2.05, 4.69) is 12.2 Å². The van der Waals surface area contributed by atoms with Gasteiger partial charge in [0, 0.05) is 31.9 Å². The Hall–Kier alpha value is -2.11. The lowest BCUT2D eigenvalue weighted by molar-refractivity contribution is -0.138. The van der Waals surface area contributed by atoms with Crippen LogP contribution in [0.4, 0.5) is 14.9 Å². The molecule has 0 aromatic heterocycles. The number of hydrogen-bond donors (Lipinski definition) is 1. The highest BCUT2D eigenvalue weighted by atomic mass is 19.1. The van der Waals surface area contributed by atoms with Gasteiger partial charge in [-0.3, -0.25) is 4.79 Å². The first-order valence-electron chi connectivity index (χ1n) is 9.13. The SMILES string of the molecule is CC1CCN(C(=O)[C@H]2CCCN(C(=O)Nc3cccc(F)c3)C2)CC1. The maximum absolute atomic E-state index is 13.2. The summed E-state index contributed by atoms with van der Waals surface area (Å²) in [6.07, 6.45) is 3.76. The van der Waals surface area contributed by atoms with Crippen molar-refractivity contribution in [2.45, 2.75) is 32.6 Å². The quantitative estimate of drug-likeness (QED) is 0.892. The summed E-state index contributed by atoms with van der Waals surface area (Å²) >= 11 is 0. The second kappa shape index (κ2) is 7.85. The fourth-order valence-electron chi connectivity index (χ4n) is 3.62. The molecule has 3 rings (SSSR count). The van der Waals surface area contributed by atoms with Crippen molar-refractivity contribution in [2.24, 2.45) is 11.8 Å². The molecule has 2 aliphatic rings. The van der Waals surface area contributed by atoms with E-state index in [0.29, 0.717) is 24.7 Å². The minimum absolute atomic E-state index is 0.125. The van der Waals surface area contributed by atoms with Crippen LogP contribution in [-0.4, -0.2) is 47.9 Å². The Labute approximate surface area is 148 Å². The fourth-order valence-corrected chi connectivity index (χ4v) is 3.62. The minimum atomic E-state index is -0.385. The van der Waals surface area contributed by atoms with Gasteiger partial charge in [-0.05, 0) is 49.8 Å². The lowest BCUT2D eigenvalue weighted by Gasteiger charge is -2.37. The molecule has 2 fully saturated rings. The third-order valence-electron chi connectivity index (χ3n) is 5.23. The summed E-state index contributed by atoms with van der Waals surface area (Å²) in [5, 5.41) is 2.72. The Morgan fingerprint density at radius 1 is 1.12 bits per heavy atom. The number of anilines is 1. The van der Waals surface area contributed by atoms with Crippen molar-refractivity contribution in [3.8, 4) is 0 Å². The van der Waals surface area contributed by atoms with E-state index in [1.807, 2.05) is 4.90 Å². The topological polar surface area (TPSA) is 52.7 Å². The number of amides is 3. The molecular formula is C19H26FN3O2. The van der Waals surface area contributed by atoms with E-state index in [4.69, 9.17) is 0 Å². The minimum Gasteiger partial charge on any atom is -0.342 e. The molecule has 2 aliphatic heterocycles. The van der Waals surface area contributed by atoms with Gasteiger partial charge in [0.1, 0.15) is 5.82 Å². The van der Waals surface area contributed by atoms with Crippen molar-refractivity contribution >= 4 is 17.6 Å². The number of nitrogens with one attached hydrogen (secondary N) is 1. The molecule has 1 atom stereocenters. The summed E-state index contributed by atoms with van der Waals surface area (Å²) in [5.41, 5.74) is 0.434. The molecule has 1 aromatic rings. The number of urea groups is 1. The summed E-state index contributed by atoms with van der Waals surface area (Å²) in [4.78, 5) is 28.8. The Balaban J connectivity index is 1.57. The average molecular weight is 347 g/mol. The van der Waals surface area contributed by atoms with Crippen LogP contribution < -0.4 is 5.32 Å². The van der Waals surface area contributed by atoms with Gasteiger partial charge in [-0.2, -0.15) is 0 Å². The van der Waals surface area contributed by atoms with E-state index < -0.39 is 0 Å². The molecule has 2 heterocycles. The van der Waals surface area contributed by atoms with Gasteiger partial charge in [-0.1, -0.05) is 13.0 Å². The van der Waals surface area contributed by atoms with E-state index in [-0.39, 0.29) is 23.7 Å². The molecular weight excluding hydrogens is 321 g/mol. The molecule has 0 spiro atoms. The molecule has 0 unspecified atom stereocenters. The van der Waals surface area contributed by atoms with Crippen LogP contribution in [0.15, 0.2) is 24.3 Å². The first-order valence-corrected chi connectivity index (χ1v) is 9.13. The normalized spacial score (nSPS) is 21.9. The predicted octanol–water partition coefficient (Wildman–Crippen LogP) is 3.33. The van der Waals surface area contributed by atoms with Gasteiger partial charge in [-0.15, -0.1) is 0 Å². The highest BCUT2D eigenvalue weighted by Gasteiger charge is 2.32. The van der Waals surface area contributed by atoms with Gasteiger partial charge < -0.3 is 15.1 Å². The van der Waals surface area contributed by atoms with Crippen molar-refractivity contribution in [1.82, 2.24) is 9.80 Å². The van der Waals surface area contributed by atoms with Crippen LogP contribution in [0.25, 0.3) is 0 Å². The number of piperidine rings is 2. The maximum Gasteiger partial charge on any atom is 0.321 e. The summed E-state index contributed by atoms with van der Waals surface area (Å²) in [7, 11) is 0. The Kier molecular flexibility index (Phi) is 5.56. The molecule has 1 aromatic carbocycles. The van der Waals surface area contributed by atoms with E-state index in [1.54, 1.807) is 17.0 Å². The second-order valence-corrected chi connectivity index (χ2v) is 7.23. The third kappa shape index (κ3) is 4.50. The second-order valence-electron chi connectivity index (χ2n) is 7.23. The lowest BCUT2D eigenvalue weighted by Crippen LogP contribution is -2.49. The molecule has 0 radical (unpaired) electrons. The third-order valence-corrected chi connectivity index (χ3v) is 5.23. The molecule has 136 valence electrons. The molecule has 25 heavy (non-hydrogen) atoms. The highest BCUT2D eigenvalue weighted by Crippen LogP contribution is 2.23. The zero-order chi connectivity index (χ0) is 17.8. The molecule has 1 N–H and O–H groups in total. The smallest absolute Gasteiger partial charge is 0.321 e. The van der Waals surface area contributed by atoms with Crippen LogP contribution in [0.3, 0.4) is 0 Å². The molecule has 2 saturated heterocycles. The number of carbonyl (C=O) groups is 2. The molecule has 5 nitrogen and oxygen atoms in total. The van der Waals surface area contributed by atoms with Gasteiger partial charge in [0.25, 0.3) is 0 Å².